The van der Waals surface area contributed by atoms with Crippen molar-refractivity contribution in [1.29, 1.82) is 0 Å². The van der Waals surface area contributed by atoms with Crippen molar-refractivity contribution in [3.05, 3.63) is 57.5 Å². The number of rotatable bonds is 3. The summed E-state index contributed by atoms with van der Waals surface area (Å²) in [6.07, 6.45) is 0. The summed E-state index contributed by atoms with van der Waals surface area (Å²) in [6, 6.07) is 11.9. The maximum Gasteiger partial charge on any atom is 0.335 e. The molecule has 2 aromatic carbocycles. The molecule has 0 saturated heterocycles. The zero-order chi connectivity index (χ0) is 13.1. The predicted molar refractivity (Wildman–Crippen MR) is 75.8 cm³/mol. The lowest BCUT2D eigenvalue weighted by Gasteiger charge is -2.09. The van der Waals surface area contributed by atoms with E-state index in [0.717, 1.165) is 15.8 Å². The molecular formula is C13H9BrClNO2. The monoisotopic (exact) mass is 325 g/mol. The van der Waals surface area contributed by atoms with Gasteiger partial charge in [0.2, 0.25) is 0 Å². The highest BCUT2D eigenvalue weighted by atomic mass is 79.9. The van der Waals surface area contributed by atoms with Gasteiger partial charge in [-0.1, -0.05) is 27.5 Å². The molecule has 0 heterocycles. The minimum Gasteiger partial charge on any atom is -0.478 e. The summed E-state index contributed by atoms with van der Waals surface area (Å²) in [4.78, 5) is 10.7. The first-order valence-electron chi connectivity index (χ1n) is 5.12. The molecule has 2 aromatic rings. The number of benzene rings is 2. The highest BCUT2D eigenvalue weighted by Crippen LogP contribution is 2.28. The first-order chi connectivity index (χ1) is 8.56. The molecule has 0 unspecified atom stereocenters. The number of nitrogens with one attached hydrogen (secondary N) is 1. The average Bonchev–Trinajstić information content (AvgIpc) is 2.34. The molecule has 2 N–H and O–H groups in total. The van der Waals surface area contributed by atoms with E-state index in [0.29, 0.717) is 5.02 Å². The minimum atomic E-state index is -0.943. The van der Waals surface area contributed by atoms with E-state index in [1.54, 1.807) is 18.2 Å². The van der Waals surface area contributed by atoms with Crippen LogP contribution in [0.1, 0.15) is 10.4 Å². The van der Waals surface area contributed by atoms with Crippen LogP contribution in [0.15, 0.2) is 46.9 Å². The maximum absolute atomic E-state index is 10.7. The Morgan fingerprint density at radius 1 is 1.17 bits per heavy atom. The summed E-state index contributed by atoms with van der Waals surface area (Å²) >= 11 is 9.41. The van der Waals surface area contributed by atoms with Crippen molar-refractivity contribution >= 4 is 44.9 Å². The minimum absolute atomic E-state index is 0.251. The Labute approximate surface area is 118 Å². The smallest absolute Gasteiger partial charge is 0.335 e. The number of carbonyl (C=O) groups is 1. The van der Waals surface area contributed by atoms with Crippen LogP contribution in [0.5, 0.6) is 0 Å². The van der Waals surface area contributed by atoms with E-state index in [1.165, 1.54) is 12.1 Å². The second-order valence-electron chi connectivity index (χ2n) is 3.63. The van der Waals surface area contributed by atoms with Gasteiger partial charge in [0.25, 0.3) is 0 Å². The van der Waals surface area contributed by atoms with Gasteiger partial charge in [-0.15, -0.1) is 0 Å². The Kier molecular flexibility index (Phi) is 3.89. The number of anilines is 2. The Morgan fingerprint density at radius 2 is 1.83 bits per heavy atom. The van der Waals surface area contributed by atoms with Gasteiger partial charge >= 0.3 is 5.97 Å². The molecular weight excluding hydrogens is 318 g/mol. The van der Waals surface area contributed by atoms with Gasteiger partial charge in [-0.3, -0.25) is 0 Å². The molecule has 18 heavy (non-hydrogen) atoms. The van der Waals surface area contributed by atoms with Crippen LogP contribution in [0.3, 0.4) is 0 Å². The number of hydrogen-bond acceptors (Lipinski definition) is 2. The first kappa shape index (κ1) is 12.9. The summed E-state index contributed by atoms with van der Waals surface area (Å²) in [5, 5.41) is 12.5. The van der Waals surface area contributed by atoms with Crippen LogP contribution in [-0.4, -0.2) is 11.1 Å². The Bertz CT molecular complexity index is 584. The molecule has 0 radical (unpaired) electrons. The summed E-state index contributed by atoms with van der Waals surface area (Å²) in [7, 11) is 0. The summed E-state index contributed by atoms with van der Waals surface area (Å²) in [5.41, 5.74) is 1.79. The van der Waals surface area contributed by atoms with E-state index in [2.05, 4.69) is 21.2 Å². The maximum atomic E-state index is 10.7. The highest BCUT2D eigenvalue weighted by molar-refractivity contribution is 9.10. The van der Waals surface area contributed by atoms with Gasteiger partial charge in [0, 0.05) is 10.2 Å². The van der Waals surface area contributed by atoms with Gasteiger partial charge in [-0.05, 0) is 42.5 Å². The van der Waals surface area contributed by atoms with Crippen LogP contribution in [0, 0.1) is 0 Å². The summed E-state index contributed by atoms with van der Waals surface area (Å²) < 4.78 is 0.913. The fourth-order valence-electron chi connectivity index (χ4n) is 1.44. The van der Waals surface area contributed by atoms with Crippen molar-refractivity contribution < 1.29 is 9.90 Å². The zero-order valence-corrected chi connectivity index (χ0v) is 11.5. The van der Waals surface area contributed by atoms with Gasteiger partial charge < -0.3 is 10.4 Å². The van der Waals surface area contributed by atoms with Crippen molar-refractivity contribution in [2.24, 2.45) is 0 Å². The third kappa shape index (κ3) is 3.03. The van der Waals surface area contributed by atoms with E-state index >= 15 is 0 Å². The van der Waals surface area contributed by atoms with Crippen molar-refractivity contribution in [1.82, 2.24) is 0 Å². The number of aromatic carboxylic acids is 1. The third-order valence-electron chi connectivity index (χ3n) is 2.34. The van der Waals surface area contributed by atoms with Crippen LogP contribution in [0.25, 0.3) is 0 Å². The second kappa shape index (κ2) is 5.42. The van der Waals surface area contributed by atoms with E-state index in [-0.39, 0.29) is 5.56 Å². The van der Waals surface area contributed by atoms with E-state index in [4.69, 9.17) is 16.7 Å². The van der Waals surface area contributed by atoms with Crippen molar-refractivity contribution in [2.45, 2.75) is 0 Å². The standard InChI is InChI=1S/C13H9BrClNO2/c14-9-3-6-11(15)12(7-9)16-10-4-1-8(2-5-10)13(17)18/h1-7,16H,(H,17,18). The topological polar surface area (TPSA) is 49.3 Å². The SMILES string of the molecule is O=C(O)c1ccc(Nc2cc(Br)ccc2Cl)cc1. The van der Waals surface area contributed by atoms with Crippen molar-refractivity contribution in [3.63, 3.8) is 0 Å². The van der Waals surface area contributed by atoms with Crippen LogP contribution >= 0.6 is 27.5 Å². The fraction of sp³-hybridized carbons (Fsp3) is 0. The fourth-order valence-corrected chi connectivity index (χ4v) is 1.97. The molecule has 2 rings (SSSR count). The third-order valence-corrected chi connectivity index (χ3v) is 3.16. The van der Waals surface area contributed by atoms with Gasteiger partial charge in [-0.25, -0.2) is 4.79 Å². The van der Waals surface area contributed by atoms with E-state index < -0.39 is 5.97 Å². The van der Waals surface area contributed by atoms with Gasteiger partial charge in [0.05, 0.1) is 16.3 Å². The Morgan fingerprint density at radius 3 is 2.44 bits per heavy atom. The van der Waals surface area contributed by atoms with Crippen molar-refractivity contribution in [2.75, 3.05) is 5.32 Å². The largest absolute Gasteiger partial charge is 0.478 e. The Hall–Kier alpha value is -1.52. The molecule has 5 heteroatoms. The zero-order valence-electron chi connectivity index (χ0n) is 9.15. The van der Waals surface area contributed by atoms with Crippen LogP contribution in [0.4, 0.5) is 11.4 Å². The quantitative estimate of drug-likeness (QED) is 0.870. The van der Waals surface area contributed by atoms with Gasteiger partial charge in [0.1, 0.15) is 0 Å². The number of carboxylic acid groups (broad SMARTS) is 1. The molecule has 0 spiro atoms. The van der Waals surface area contributed by atoms with Crippen LogP contribution < -0.4 is 5.32 Å². The van der Waals surface area contributed by atoms with E-state index in [9.17, 15) is 4.79 Å². The number of carboxylic acids is 1. The molecule has 3 nitrogen and oxygen atoms in total. The lowest BCUT2D eigenvalue weighted by atomic mass is 10.2. The van der Waals surface area contributed by atoms with Crippen LogP contribution in [-0.2, 0) is 0 Å². The predicted octanol–water partition coefficient (Wildman–Crippen LogP) is 4.54. The highest BCUT2D eigenvalue weighted by Gasteiger charge is 2.04. The lowest BCUT2D eigenvalue weighted by molar-refractivity contribution is 0.0697. The number of halogens is 2. The molecule has 0 amide bonds. The average molecular weight is 327 g/mol. The molecule has 92 valence electrons. The molecule has 0 saturated carbocycles. The molecule has 0 aliphatic carbocycles. The lowest BCUT2D eigenvalue weighted by Crippen LogP contribution is -1.96. The molecule has 0 aliphatic heterocycles. The normalized spacial score (nSPS) is 10.1. The summed E-state index contributed by atoms with van der Waals surface area (Å²) in [5.74, 6) is -0.943. The molecule has 0 aliphatic rings. The molecule has 0 aromatic heterocycles. The summed E-state index contributed by atoms with van der Waals surface area (Å²) in [6.45, 7) is 0. The number of hydrogen-bond donors (Lipinski definition) is 2. The molecule has 0 bridgehead atoms. The molecule has 0 atom stereocenters. The Balaban J connectivity index is 2.23. The second-order valence-corrected chi connectivity index (χ2v) is 4.95. The van der Waals surface area contributed by atoms with E-state index in [1.807, 2.05) is 12.1 Å². The van der Waals surface area contributed by atoms with Crippen LogP contribution in [0.2, 0.25) is 5.02 Å². The first-order valence-corrected chi connectivity index (χ1v) is 6.29. The van der Waals surface area contributed by atoms with Gasteiger partial charge in [0.15, 0.2) is 0 Å². The molecule has 0 fully saturated rings. The van der Waals surface area contributed by atoms with Crippen molar-refractivity contribution in [3.8, 4) is 0 Å². The van der Waals surface area contributed by atoms with Gasteiger partial charge in [-0.2, -0.15) is 0 Å².